The molecule has 0 aromatic rings. The molecule has 0 spiro atoms. The average Bonchev–Trinajstić information content (AvgIpc) is 1.66. The van der Waals surface area contributed by atoms with Crippen molar-refractivity contribution in [2.45, 2.75) is 20.3 Å². The van der Waals surface area contributed by atoms with Crippen LogP contribution in [0.4, 0.5) is 0 Å². The van der Waals surface area contributed by atoms with Gasteiger partial charge in [-0.3, -0.25) is 0 Å². The van der Waals surface area contributed by atoms with Gasteiger partial charge in [0.15, 0.2) is 0 Å². The third kappa shape index (κ3) is 5.23. The zero-order chi connectivity index (χ0) is 6.41. The molecule has 8 heavy (non-hydrogen) atoms. The predicted octanol–water partition coefficient (Wildman–Crippen LogP) is 1.23. The molecule has 0 aromatic carbocycles. The second kappa shape index (κ2) is 4.39. The molecule has 0 heterocycles. The van der Waals surface area contributed by atoms with Gasteiger partial charge >= 0.3 is 0 Å². The Morgan fingerprint density at radius 2 is 2.25 bits per heavy atom. The minimum atomic E-state index is 0.373. The fraction of sp³-hybridized carbons (Fsp3) is 0.571. The number of hydrogen-bond acceptors (Lipinski definition) is 1. The fourth-order valence-electron chi connectivity index (χ4n) is 0.305. The maximum absolute atomic E-state index is 9.68. The van der Waals surface area contributed by atoms with Crippen LogP contribution < -0.4 is 0 Å². The standard InChI is InChI=1S/C7H10O/c1-7(2)5-3-4-6-8/h6-7H,4H2,1-2H3. The van der Waals surface area contributed by atoms with Gasteiger partial charge in [0.1, 0.15) is 6.29 Å². The van der Waals surface area contributed by atoms with E-state index >= 15 is 0 Å². The van der Waals surface area contributed by atoms with E-state index < -0.39 is 0 Å². The van der Waals surface area contributed by atoms with E-state index in [9.17, 15) is 4.79 Å². The lowest BCUT2D eigenvalue weighted by molar-refractivity contribution is -0.107. The van der Waals surface area contributed by atoms with Crippen LogP contribution in [0.2, 0.25) is 0 Å². The molecule has 0 fully saturated rings. The van der Waals surface area contributed by atoms with Crippen LogP contribution in [-0.2, 0) is 4.79 Å². The lowest BCUT2D eigenvalue weighted by Crippen LogP contribution is -1.77. The summed E-state index contributed by atoms with van der Waals surface area (Å²) in [7, 11) is 0. The molecular weight excluding hydrogens is 100 g/mol. The highest BCUT2D eigenvalue weighted by Gasteiger charge is 1.78. The van der Waals surface area contributed by atoms with Crippen LogP contribution in [0.1, 0.15) is 20.3 Å². The number of hydrogen-bond donors (Lipinski definition) is 0. The van der Waals surface area contributed by atoms with Crippen molar-refractivity contribution in [1.82, 2.24) is 0 Å². The number of carbonyl (C=O) groups excluding carboxylic acids is 1. The van der Waals surface area contributed by atoms with Crippen molar-refractivity contribution >= 4 is 6.29 Å². The van der Waals surface area contributed by atoms with Crippen molar-refractivity contribution in [1.29, 1.82) is 0 Å². The number of rotatable bonds is 1. The summed E-state index contributed by atoms with van der Waals surface area (Å²) in [6, 6.07) is 0. The van der Waals surface area contributed by atoms with Crippen LogP contribution in [0, 0.1) is 17.8 Å². The second-order valence-electron chi connectivity index (χ2n) is 1.85. The molecule has 0 unspecified atom stereocenters. The van der Waals surface area contributed by atoms with E-state index in [4.69, 9.17) is 0 Å². The Morgan fingerprint density at radius 1 is 1.62 bits per heavy atom. The van der Waals surface area contributed by atoms with Crippen molar-refractivity contribution in [3.8, 4) is 11.8 Å². The summed E-state index contributed by atoms with van der Waals surface area (Å²) in [5, 5.41) is 0. The molecule has 1 nitrogen and oxygen atoms in total. The minimum Gasteiger partial charge on any atom is -0.302 e. The molecule has 0 aliphatic heterocycles. The molecule has 0 aromatic heterocycles. The molecule has 0 aliphatic carbocycles. The largest absolute Gasteiger partial charge is 0.302 e. The normalized spacial score (nSPS) is 7.88. The second-order valence-corrected chi connectivity index (χ2v) is 1.85. The summed E-state index contributed by atoms with van der Waals surface area (Å²) in [4.78, 5) is 9.68. The summed E-state index contributed by atoms with van der Waals surface area (Å²) in [5.41, 5.74) is 0. The van der Waals surface area contributed by atoms with Crippen LogP contribution in [0.5, 0.6) is 0 Å². The quantitative estimate of drug-likeness (QED) is 0.366. The first-order chi connectivity index (χ1) is 3.77. The minimum absolute atomic E-state index is 0.373. The van der Waals surface area contributed by atoms with E-state index in [0.717, 1.165) is 6.29 Å². The third-order valence-electron chi connectivity index (χ3n) is 0.576. The van der Waals surface area contributed by atoms with E-state index in [1.54, 1.807) is 0 Å². The first kappa shape index (κ1) is 7.23. The molecule has 0 bridgehead atoms. The molecule has 0 atom stereocenters. The highest BCUT2D eigenvalue weighted by Crippen LogP contribution is 1.85. The van der Waals surface area contributed by atoms with Crippen molar-refractivity contribution in [2.75, 3.05) is 0 Å². The molecular formula is C7H10O. The first-order valence-corrected chi connectivity index (χ1v) is 2.69. The van der Waals surface area contributed by atoms with E-state index in [-0.39, 0.29) is 0 Å². The topological polar surface area (TPSA) is 17.1 Å². The highest BCUT2D eigenvalue weighted by atomic mass is 16.1. The van der Waals surface area contributed by atoms with Crippen molar-refractivity contribution in [2.24, 2.45) is 5.92 Å². The maximum atomic E-state index is 9.68. The molecule has 0 N–H and O–H groups in total. The molecule has 0 amide bonds. The van der Waals surface area contributed by atoms with Gasteiger partial charge in [-0.15, -0.1) is 5.92 Å². The Morgan fingerprint density at radius 3 is 2.62 bits per heavy atom. The van der Waals surface area contributed by atoms with Crippen LogP contribution in [0.25, 0.3) is 0 Å². The summed E-state index contributed by atoms with van der Waals surface area (Å²) in [5.74, 6) is 5.97. The maximum Gasteiger partial charge on any atom is 0.131 e. The summed E-state index contributed by atoms with van der Waals surface area (Å²) < 4.78 is 0. The Hall–Kier alpha value is -0.770. The Kier molecular flexibility index (Phi) is 3.97. The van der Waals surface area contributed by atoms with Gasteiger partial charge in [-0.2, -0.15) is 0 Å². The van der Waals surface area contributed by atoms with E-state index in [1.165, 1.54) is 0 Å². The van der Waals surface area contributed by atoms with Gasteiger partial charge in [0.25, 0.3) is 0 Å². The molecule has 0 saturated heterocycles. The molecule has 0 radical (unpaired) electrons. The Bertz CT molecular complexity index is 114. The molecule has 0 rings (SSSR count). The lowest BCUT2D eigenvalue weighted by atomic mass is 10.2. The zero-order valence-electron chi connectivity index (χ0n) is 5.27. The molecule has 1 heteroatoms. The van der Waals surface area contributed by atoms with Crippen LogP contribution >= 0.6 is 0 Å². The lowest BCUT2D eigenvalue weighted by Gasteiger charge is -1.83. The predicted molar refractivity (Wildman–Crippen MR) is 33.3 cm³/mol. The van der Waals surface area contributed by atoms with E-state index in [0.29, 0.717) is 12.3 Å². The van der Waals surface area contributed by atoms with Crippen molar-refractivity contribution in [3.63, 3.8) is 0 Å². The van der Waals surface area contributed by atoms with Gasteiger partial charge in [-0.25, -0.2) is 0 Å². The summed E-state index contributed by atoms with van der Waals surface area (Å²) >= 11 is 0. The van der Waals surface area contributed by atoms with Crippen molar-refractivity contribution in [3.05, 3.63) is 0 Å². The number of carbonyl (C=O) groups is 1. The average molecular weight is 110 g/mol. The van der Waals surface area contributed by atoms with Crippen molar-refractivity contribution < 1.29 is 4.79 Å². The molecule has 0 saturated carbocycles. The first-order valence-electron chi connectivity index (χ1n) is 2.69. The van der Waals surface area contributed by atoms with Gasteiger partial charge in [0, 0.05) is 5.92 Å². The smallest absolute Gasteiger partial charge is 0.131 e. The Balaban J connectivity index is 3.34. The van der Waals surface area contributed by atoms with Crippen LogP contribution in [-0.4, -0.2) is 6.29 Å². The van der Waals surface area contributed by atoms with E-state index in [1.807, 2.05) is 13.8 Å². The van der Waals surface area contributed by atoms with Gasteiger partial charge in [-0.1, -0.05) is 19.8 Å². The Labute approximate surface area is 50.1 Å². The van der Waals surface area contributed by atoms with Gasteiger partial charge in [-0.05, 0) is 0 Å². The van der Waals surface area contributed by atoms with Crippen LogP contribution in [0.15, 0.2) is 0 Å². The van der Waals surface area contributed by atoms with Gasteiger partial charge in [0.2, 0.25) is 0 Å². The van der Waals surface area contributed by atoms with Gasteiger partial charge < -0.3 is 4.79 Å². The summed E-state index contributed by atoms with van der Waals surface area (Å²) in [6.07, 6.45) is 1.19. The summed E-state index contributed by atoms with van der Waals surface area (Å²) in [6.45, 7) is 4.00. The SMILES string of the molecule is CC(C)C#CCC=O. The number of aldehydes is 1. The fourth-order valence-corrected chi connectivity index (χ4v) is 0.305. The highest BCUT2D eigenvalue weighted by molar-refractivity contribution is 5.53. The monoisotopic (exact) mass is 110 g/mol. The molecule has 0 aliphatic rings. The third-order valence-corrected chi connectivity index (χ3v) is 0.576. The molecule has 44 valence electrons. The zero-order valence-corrected chi connectivity index (χ0v) is 5.27. The van der Waals surface area contributed by atoms with Gasteiger partial charge in [0.05, 0.1) is 6.42 Å². The van der Waals surface area contributed by atoms with E-state index in [2.05, 4.69) is 11.8 Å². The van der Waals surface area contributed by atoms with Crippen LogP contribution in [0.3, 0.4) is 0 Å².